The minimum atomic E-state index is -3.19. The molecule has 120 valence electrons. The Balaban J connectivity index is 2.43. The van der Waals surface area contributed by atoms with Gasteiger partial charge in [-0.05, 0) is 20.3 Å². The molecule has 0 atom stereocenters. The molecule has 0 spiro atoms. The van der Waals surface area contributed by atoms with E-state index in [0.29, 0.717) is 23.0 Å². The third-order valence-electron chi connectivity index (χ3n) is 2.28. The SMILES string of the molecule is CC(C)Nc1nc(N)c(C(=O)NCCCNS(C)(=O)=O)s1. The van der Waals surface area contributed by atoms with Crippen molar-refractivity contribution in [3.8, 4) is 0 Å². The van der Waals surface area contributed by atoms with E-state index in [2.05, 4.69) is 20.3 Å². The molecule has 1 aromatic heterocycles. The molecule has 0 bridgehead atoms. The Bertz CT molecular complexity index is 583. The summed E-state index contributed by atoms with van der Waals surface area (Å²) in [6.45, 7) is 4.56. The summed E-state index contributed by atoms with van der Waals surface area (Å²) in [6.07, 6.45) is 1.58. The lowest BCUT2D eigenvalue weighted by atomic mass is 10.4. The standard InChI is InChI=1S/C11H21N5O3S2/c1-7(2)15-11-16-9(12)8(20-11)10(17)13-5-4-6-14-21(3,18)19/h7,14H,4-6,12H2,1-3H3,(H,13,17)(H,15,16). The number of sulfonamides is 1. The Morgan fingerprint density at radius 1 is 1.38 bits per heavy atom. The number of anilines is 2. The Hall–Kier alpha value is -1.39. The first-order valence-electron chi connectivity index (χ1n) is 6.44. The predicted molar refractivity (Wildman–Crippen MR) is 85.1 cm³/mol. The number of carbonyl (C=O) groups excluding carboxylic acids is 1. The number of nitrogens with zero attached hydrogens (tertiary/aromatic N) is 1. The van der Waals surface area contributed by atoms with Gasteiger partial charge in [-0.25, -0.2) is 18.1 Å². The molecule has 0 radical (unpaired) electrons. The summed E-state index contributed by atoms with van der Waals surface area (Å²) in [5, 5.41) is 6.37. The number of nitrogens with one attached hydrogen (secondary N) is 3. The van der Waals surface area contributed by atoms with Crippen LogP contribution in [-0.4, -0.2) is 44.7 Å². The maximum absolute atomic E-state index is 11.9. The molecule has 1 aromatic rings. The summed E-state index contributed by atoms with van der Waals surface area (Å²) in [5.74, 6) is -0.115. The molecule has 1 amide bonds. The Morgan fingerprint density at radius 3 is 2.62 bits per heavy atom. The summed E-state index contributed by atoms with van der Waals surface area (Å²) in [5.41, 5.74) is 5.71. The average molecular weight is 335 g/mol. The lowest BCUT2D eigenvalue weighted by Crippen LogP contribution is -2.29. The van der Waals surface area contributed by atoms with Gasteiger partial charge in [0.1, 0.15) is 10.7 Å². The number of nitrogen functional groups attached to an aromatic ring is 1. The van der Waals surface area contributed by atoms with Gasteiger partial charge in [-0.15, -0.1) is 0 Å². The molecule has 0 aliphatic rings. The van der Waals surface area contributed by atoms with E-state index in [4.69, 9.17) is 5.73 Å². The molecule has 1 rings (SSSR count). The second kappa shape index (κ2) is 7.57. The third kappa shape index (κ3) is 6.74. The van der Waals surface area contributed by atoms with Gasteiger partial charge in [0.05, 0.1) is 6.26 Å². The minimum absolute atomic E-state index is 0.190. The normalized spacial score (nSPS) is 11.6. The fraction of sp³-hybridized carbons (Fsp3) is 0.636. The molecule has 5 N–H and O–H groups in total. The highest BCUT2D eigenvalue weighted by Gasteiger charge is 2.16. The van der Waals surface area contributed by atoms with E-state index in [1.54, 1.807) is 0 Å². The second-order valence-electron chi connectivity index (χ2n) is 4.81. The van der Waals surface area contributed by atoms with Gasteiger partial charge >= 0.3 is 0 Å². The molecule has 0 aliphatic carbocycles. The van der Waals surface area contributed by atoms with Crippen LogP contribution in [-0.2, 0) is 10.0 Å². The van der Waals surface area contributed by atoms with Gasteiger partial charge in [0.25, 0.3) is 5.91 Å². The van der Waals surface area contributed by atoms with Crippen molar-refractivity contribution in [1.82, 2.24) is 15.0 Å². The lowest BCUT2D eigenvalue weighted by molar-refractivity contribution is 0.0958. The van der Waals surface area contributed by atoms with Gasteiger partial charge < -0.3 is 16.4 Å². The summed E-state index contributed by atoms with van der Waals surface area (Å²) in [4.78, 5) is 16.4. The van der Waals surface area contributed by atoms with Crippen LogP contribution in [0.15, 0.2) is 0 Å². The molecular formula is C11H21N5O3S2. The van der Waals surface area contributed by atoms with Crippen LogP contribution in [0.4, 0.5) is 10.9 Å². The van der Waals surface area contributed by atoms with E-state index in [9.17, 15) is 13.2 Å². The van der Waals surface area contributed by atoms with Crippen molar-refractivity contribution in [2.75, 3.05) is 30.4 Å². The molecule has 1 heterocycles. The molecule has 0 saturated carbocycles. The van der Waals surface area contributed by atoms with E-state index < -0.39 is 10.0 Å². The van der Waals surface area contributed by atoms with Crippen LogP contribution in [0.2, 0.25) is 0 Å². The Labute approximate surface area is 128 Å². The zero-order chi connectivity index (χ0) is 16.0. The van der Waals surface area contributed by atoms with Crippen molar-refractivity contribution < 1.29 is 13.2 Å². The van der Waals surface area contributed by atoms with E-state index >= 15 is 0 Å². The molecule has 21 heavy (non-hydrogen) atoms. The van der Waals surface area contributed by atoms with Crippen LogP contribution >= 0.6 is 11.3 Å². The summed E-state index contributed by atoms with van der Waals surface area (Å²) in [7, 11) is -3.19. The van der Waals surface area contributed by atoms with Gasteiger partial charge in [0.15, 0.2) is 5.13 Å². The molecule has 0 aliphatic heterocycles. The maximum atomic E-state index is 11.9. The number of carbonyl (C=O) groups is 1. The van der Waals surface area contributed by atoms with Crippen LogP contribution in [0.1, 0.15) is 29.9 Å². The van der Waals surface area contributed by atoms with E-state index in [1.807, 2.05) is 13.8 Å². The summed E-state index contributed by atoms with van der Waals surface area (Å²) < 4.78 is 24.1. The van der Waals surface area contributed by atoms with Crippen molar-refractivity contribution in [3.63, 3.8) is 0 Å². The van der Waals surface area contributed by atoms with Gasteiger partial charge in [0.2, 0.25) is 10.0 Å². The molecule has 0 unspecified atom stereocenters. The van der Waals surface area contributed by atoms with Gasteiger partial charge in [0, 0.05) is 19.1 Å². The number of nitrogens with two attached hydrogens (primary N) is 1. The van der Waals surface area contributed by atoms with Crippen LogP contribution in [0.3, 0.4) is 0 Å². The number of rotatable bonds is 8. The van der Waals surface area contributed by atoms with E-state index in [-0.39, 0.29) is 24.3 Å². The molecule has 0 saturated heterocycles. The number of thiazole rings is 1. The molecule has 8 nitrogen and oxygen atoms in total. The highest BCUT2D eigenvalue weighted by molar-refractivity contribution is 7.88. The number of aromatic nitrogens is 1. The zero-order valence-corrected chi connectivity index (χ0v) is 13.9. The quantitative estimate of drug-likeness (QED) is 0.503. The Kier molecular flexibility index (Phi) is 6.37. The lowest BCUT2D eigenvalue weighted by Gasteiger charge is -2.05. The smallest absolute Gasteiger partial charge is 0.265 e. The minimum Gasteiger partial charge on any atom is -0.382 e. The van der Waals surface area contributed by atoms with Crippen LogP contribution < -0.4 is 21.1 Å². The van der Waals surface area contributed by atoms with E-state index in [1.165, 1.54) is 11.3 Å². The van der Waals surface area contributed by atoms with Gasteiger partial charge in [-0.1, -0.05) is 11.3 Å². The van der Waals surface area contributed by atoms with Crippen molar-refractivity contribution in [2.45, 2.75) is 26.3 Å². The number of hydrogen-bond donors (Lipinski definition) is 4. The van der Waals surface area contributed by atoms with Crippen molar-refractivity contribution in [2.24, 2.45) is 0 Å². The van der Waals surface area contributed by atoms with E-state index in [0.717, 1.165) is 6.26 Å². The average Bonchev–Trinajstić information content (AvgIpc) is 2.67. The largest absolute Gasteiger partial charge is 0.382 e. The fourth-order valence-electron chi connectivity index (χ4n) is 1.43. The fourth-order valence-corrected chi connectivity index (χ4v) is 2.89. The first-order valence-corrected chi connectivity index (χ1v) is 9.15. The van der Waals surface area contributed by atoms with Crippen LogP contribution in [0.5, 0.6) is 0 Å². The molecule has 0 aromatic carbocycles. The highest BCUT2D eigenvalue weighted by Crippen LogP contribution is 2.25. The first kappa shape index (κ1) is 17.7. The number of amides is 1. The highest BCUT2D eigenvalue weighted by atomic mass is 32.2. The first-order chi connectivity index (χ1) is 9.69. The van der Waals surface area contributed by atoms with Crippen LogP contribution in [0, 0.1) is 0 Å². The monoisotopic (exact) mass is 335 g/mol. The zero-order valence-electron chi connectivity index (χ0n) is 12.3. The van der Waals surface area contributed by atoms with Gasteiger partial charge in [-0.3, -0.25) is 4.79 Å². The number of hydrogen-bond acceptors (Lipinski definition) is 7. The summed E-state index contributed by atoms with van der Waals surface area (Å²) >= 11 is 1.19. The van der Waals surface area contributed by atoms with Crippen molar-refractivity contribution in [3.05, 3.63) is 4.88 Å². The van der Waals surface area contributed by atoms with Crippen molar-refractivity contribution >= 4 is 38.2 Å². The predicted octanol–water partition coefficient (Wildman–Crippen LogP) is 0.215. The third-order valence-corrected chi connectivity index (χ3v) is 4.00. The molecular weight excluding hydrogens is 314 g/mol. The molecule has 0 fully saturated rings. The molecule has 10 heteroatoms. The Morgan fingerprint density at radius 2 is 2.05 bits per heavy atom. The second-order valence-corrected chi connectivity index (χ2v) is 7.64. The van der Waals surface area contributed by atoms with Gasteiger partial charge in [-0.2, -0.15) is 0 Å². The topological polar surface area (TPSA) is 126 Å². The maximum Gasteiger partial charge on any atom is 0.265 e. The van der Waals surface area contributed by atoms with Crippen molar-refractivity contribution in [1.29, 1.82) is 0 Å². The van der Waals surface area contributed by atoms with Crippen LogP contribution in [0.25, 0.3) is 0 Å². The summed E-state index contributed by atoms with van der Waals surface area (Å²) in [6, 6.07) is 0.202.